The highest BCUT2D eigenvalue weighted by Gasteiger charge is 2.12. The van der Waals surface area contributed by atoms with Crippen LogP contribution < -0.4 is 5.32 Å². The highest BCUT2D eigenvalue weighted by Crippen LogP contribution is 2.21. The largest absolute Gasteiger partial charge is 0.351 e. The minimum absolute atomic E-state index is 0.0135. The smallest absolute Gasteiger partial charge is 0.269 e. The van der Waals surface area contributed by atoms with E-state index in [1.807, 2.05) is 54.6 Å². The van der Waals surface area contributed by atoms with Gasteiger partial charge in [-0.15, -0.1) is 0 Å². The molecule has 0 aliphatic heterocycles. The number of nitro groups is 1. The summed E-state index contributed by atoms with van der Waals surface area (Å²) in [7, 11) is 0. The van der Waals surface area contributed by atoms with Crippen LogP contribution in [0.4, 0.5) is 5.69 Å². The van der Waals surface area contributed by atoms with Crippen LogP contribution in [0.2, 0.25) is 5.02 Å². The first-order valence-electron chi connectivity index (χ1n) is 9.65. The maximum atomic E-state index is 12.9. The van der Waals surface area contributed by atoms with Crippen molar-refractivity contribution in [3.63, 3.8) is 0 Å². The van der Waals surface area contributed by atoms with Crippen molar-refractivity contribution in [1.29, 1.82) is 0 Å². The second-order valence-corrected chi connectivity index (χ2v) is 8.25. The molecule has 0 fully saturated rings. The van der Waals surface area contributed by atoms with E-state index in [0.717, 1.165) is 33.2 Å². The van der Waals surface area contributed by atoms with E-state index in [2.05, 4.69) is 5.32 Å². The van der Waals surface area contributed by atoms with Crippen LogP contribution in [-0.2, 0) is 10.5 Å². The molecule has 7 heteroatoms. The molecule has 0 aromatic heterocycles. The second-order valence-electron chi connectivity index (χ2n) is 6.71. The van der Waals surface area contributed by atoms with E-state index in [1.165, 1.54) is 12.1 Å². The zero-order valence-corrected chi connectivity index (χ0v) is 18.2. The van der Waals surface area contributed by atoms with Crippen molar-refractivity contribution in [1.82, 2.24) is 5.32 Å². The van der Waals surface area contributed by atoms with Crippen molar-refractivity contribution < 1.29 is 9.72 Å². The summed E-state index contributed by atoms with van der Waals surface area (Å²) in [5.74, 6) is 1.39. The number of carbonyl (C=O) groups excluding carboxylic acids is 1. The molecule has 0 aliphatic rings. The number of rotatable bonds is 9. The summed E-state index contributed by atoms with van der Waals surface area (Å²) in [4.78, 5) is 23.3. The third kappa shape index (κ3) is 6.98. The van der Waals surface area contributed by atoms with E-state index in [-0.39, 0.29) is 11.6 Å². The first kappa shape index (κ1) is 22.6. The topological polar surface area (TPSA) is 72.2 Å². The number of nitrogens with zero attached hydrogens (tertiary/aromatic N) is 1. The van der Waals surface area contributed by atoms with Crippen LogP contribution in [0.25, 0.3) is 11.6 Å². The number of halogens is 1. The monoisotopic (exact) mass is 452 g/mol. The van der Waals surface area contributed by atoms with Gasteiger partial charge >= 0.3 is 0 Å². The Morgan fingerprint density at radius 2 is 1.77 bits per heavy atom. The molecular weight excluding hydrogens is 432 g/mol. The van der Waals surface area contributed by atoms with Crippen molar-refractivity contribution in [2.24, 2.45) is 0 Å². The van der Waals surface area contributed by atoms with E-state index in [4.69, 9.17) is 11.6 Å². The van der Waals surface area contributed by atoms with Gasteiger partial charge in [-0.3, -0.25) is 14.9 Å². The summed E-state index contributed by atoms with van der Waals surface area (Å²) < 4.78 is 0. The number of hydrogen-bond donors (Lipinski definition) is 1. The Bertz CT molecular complexity index is 1070. The predicted molar refractivity (Wildman–Crippen MR) is 128 cm³/mol. The molecule has 5 nitrogen and oxygen atoms in total. The Hall–Kier alpha value is -3.09. The highest BCUT2D eigenvalue weighted by molar-refractivity contribution is 7.98. The predicted octanol–water partition coefficient (Wildman–Crippen LogP) is 5.84. The fourth-order valence-corrected chi connectivity index (χ4v) is 3.92. The van der Waals surface area contributed by atoms with Gasteiger partial charge in [0.1, 0.15) is 0 Å². The van der Waals surface area contributed by atoms with E-state index in [1.54, 1.807) is 30.0 Å². The van der Waals surface area contributed by atoms with E-state index >= 15 is 0 Å². The zero-order chi connectivity index (χ0) is 22.1. The average molecular weight is 453 g/mol. The molecule has 0 saturated heterocycles. The Balaban J connectivity index is 1.63. The van der Waals surface area contributed by atoms with Crippen LogP contribution >= 0.6 is 23.4 Å². The molecule has 0 heterocycles. The van der Waals surface area contributed by atoms with Gasteiger partial charge in [0.2, 0.25) is 0 Å². The van der Waals surface area contributed by atoms with Crippen LogP contribution in [0.3, 0.4) is 0 Å². The number of non-ortho nitro benzene ring substituents is 1. The van der Waals surface area contributed by atoms with Crippen LogP contribution in [0.1, 0.15) is 16.7 Å². The standard InChI is InChI=1S/C24H21ClN2O3S/c25-21-8-4-5-19(15-21)17-31-14-13-26-24(28)23(20-6-2-1-3-7-20)16-18-9-11-22(12-10-18)27(29)30/h1-12,15-16H,13-14,17H2,(H,26,28)/b23-16+. The molecule has 1 amide bonds. The first-order chi connectivity index (χ1) is 15.0. The van der Waals surface area contributed by atoms with Gasteiger partial charge in [0, 0.05) is 40.8 Å². The number of thioether (sulfide) groups is 1. The minimum Gasteiger partial charge on any atom is -0.351 e. The number of carbonyl (C=O) groups is 1. The van der Waals surface area contributed by atoms with Crippen LogP contribution in [0.15, 0.2) is 78.9 Å². The van der Waals surface area contributed by atoms with Crippen LogP contribution in [0, 0.1) is 10.1 Å². The molecule has 1 N–H and O–H groups in total. The summed E-state index contributed by atoms with van der Waals surface area (Å²) in [6.07, 6.45) is 1.74. The van der Waals surface area contributed by atoms with Gasteiger partial charge in [-0.1, -0.05) is 54.1 Å². The van der Waals surface area contributed by atoms with Gasteiger partial charge in [-0.25, -0.2) is 0 Å². The van der Waals surface area contributed by atoms with Gasteiger partial charge in [-0.2, -0.15) is 11.8 Å². The second kappa shape index (κ2) is 11.3. The third-order valence-electron chi connectivity index (χ3n) is 4.43. The van der Waals surface area contributed by atoms with E-state index in [9.17, 15) is 14.9 Å². The van der Waals surface area contributed by atoms with Gasteiger partial charge in [0.05, 0.1) is 4.92 Å². The fourth-order valence-electron chi connectivity index (χ4n) is 2.91. The van der Waals surface area contributed by atoms with Crippen molar-refractivity contribution in [3.8, 4) is 0 Å². The maximum Gasteiger partial charge on any atom is 0.269 e. The van der Waals surface area contributed by atoms with E-state index in [0.29, 0.717) is 12.1 Å². The normalized spacial score (nSPS) is 11.2. The molecule has 0 spiro atoms. The molecule has 0 aliphatic carbocycles. The Morgan fingerprint density at radius 1 is 1.03 bits per heavy atom. The Kier molecular flexibility index (Phi) is 8.27. The highest BCUT2D eigenvalue weighted by atomic mass is 35.5. The quantitative estimate of drug-likeness (QED) is 0.145. The van der Waals surface area contributed by atoms with Crippen molar-refractivity contribution in [3.05, 3.63) is 111 Å². The molecule has 0 atom stereocenters. The maximum absolute atomic E-state index is 12.9. The number of nitro benzene ring substituents is 1. The molecule has 0 unspecified atom stereocenters. The molecule has 31 heavy (non-hydrogen) atoms. The molecule has 3 aromatic rings. The molecule has 3 aromatic carbocycles. The number of nitrogens with one attached hydrogen (secondary N) is 1. The summed E-state index contributed by atoms with van der Waals surface area (Å²) in [6.45, 7) is 0.522. The van der Waals surface area contributed by atoms with Crippen LogP contribution in [0.5, 0.6) is 0 Å². The number of hydrogen-bond acceptors (Lipinski definition) is 4. The molecule has 0 bridgehead atoms. The van der Waals surface area contributed by atoms with Gasteiger partial charge in [0.15, 0.2) is 0 Å². The minimum atomic E-state index is -0.445. The summed E-state index contributed by atoms with van der Waals surface area (Å²) in [6, 6.07) is 23.2. The van der Waals surface area contributed by atoms with Crippen molar-refractivity contribution >= 4 is 46.6 Å². The molecule has 0 radical (unpaired) electrons. The number of amides is 1. The van der Waals surface area contributed by atoms with Crippen molar-refractivity contribution in [2.75, 3.05) is 12.3 Å². The molecule has 158 valence electrons. The van der Waals surface area contributed by atoms with Gasteiger partial charge in [-0.05, 0) is 47.0 Å². The SMILES string of the molecule is O=C(NCCSCc1cccc(Cl)c1)/C(=C/c1ccc([N+](=O)[O-])cc1)c1ccccc1. The van der Waals surface area contributed by atoms with Gasteiger partial charge < -0.3 is 5.32 Å². The average Bonchev–Trinajstić information content (AvgIpc) is 2.78. The lowest BCUT2D eigenvalue weighted by molar-refractivity contribution is -0.384. The van der Waals surface area contributed by atoms with E-state index < -0.39 is 4.92 Å². The molecular formula is C24H21ClN2O3S. The summed E-state index contributed by atoms with van der Waals surface area (Å²) in [5.41, 5.74) is 3.17. The van der Waals surface area contributed by atoms with Crippen LogP contribution in [-0.4, -0.2) is 23.1 Å². The third-order valence-corrected chi connectivity index (χ3v) is 5.70. The summed E-state index contributed by atoms with van der Waals surface area (Å²) >= 11 is 7.72. The zero-order valence-electron chi connectivity index (χ0n) is 16.7. The lowest BCUT2D eigenvalue weighted by atomic mass is 10.0. The Morgan fingerprint density at radius 3 is 2.45 bits per heavy atom. The lowest BCUT2D eigenvalue weighted by Gasteiger charge is -2.10. The fraction of sp³-hybridized carbons (Fsp3) is 0.125. The van der Waals surface area contributed by atoms with Gasteiger partial charge in [0.25, 0.3) is 11.6 Å². The Labute approximate surface area is 190 Å². The van der Waals surface area contributed by atoms with Crippen molar-refractivity contribution in [2.45, 2.75) is 5.75 Å². The lowest BCUT2D eigenvalue weighted by Crippen LogP contribution is -2.26. The molecule has 0 saturated carbocycles. The number of benzene rings is 3. The molecule has 3 rings (SSSR count). The first-order valence-corrected chi connectivity index (χ1v) is 11.2. The summed E-state index contributed by atoms with van der Waals surface area (Å²) in [5, 5.41) is 14.5.